The smallest absolute Gasteiger partial charge is 0.323 e. The number of carbonyl (C=O) groups excluding carboxylic acids is 1. The van der Waals surface area contributed by atoms with Gasteiger partial charge in [-0.3, -0.25) is 4.90 Å². The van der Waals surface area contributed by atoms with Gasteiger partial charge in [-0.15, -0.1) is 0 Å². The van der Waals surface area contributed by atoms with Gasteiger partial charge in [0.15, 0.2) is 0 Å². The molecule has 1 aliphatic rings. The van der Waals surface area contributed by atoms with Crippen LogP contribution in [-0.2, 0) is 6.54 Å². The number of pyridine rings is 1. The van der Waals surface area contributed by atoms with Crippen molar-refractivity contribution in [2.75, 3.05) is 48.8 Å². The summed E-state index contributed by atoms with van der Waals surface area (Å²) in [7, 11) is 1.58. The number of carbonyl (C=O) groups is 1. The second kappa shape index (κ2) is 10.1. The second-order valence-corrected chi connectivity index (χ2v) is 7.61. The van der Waals surface area contributed by atoms with Crippen molar-refractivity contribution in [2.24, 2.45) is 0 Å². The van der Waals surface area contributed by atoms with E-state index in [4.69, 9.17) is 4.74 Å². The van der Waals surface area contributed by atoms with Crippen molar-refractivity contribution in [3.05, 3.63) is 78.2 Å². The van der Waals surface area contributed by atoms with E-state index in [1.54, 1.807) is 25.4 Å². The first-order valence-electron chi connectivity index (χ1n) is 10.5. The molecule has 0 saturated carbocycles. The van der Waals surface area contributed by atoms with Crippen molar-refractivity contribution < 1.29 is 13.9 Å². The van der Waals surface area contributed by atoms with E-state index in [-0.39, 0.29) is 11.8 Å². The highest BCUT2D eigenvalue weighted by Gasteiger charge is 2.18. The third-order valence-electron chi connectivity index (χ3n) is 5.35. The molecule has 1 aromatic heterocycles. The highest BCUT2D eigenvalue weighted by Crippen LogP contribution is 2.19. The van der Waals surface area contributed by atoms with E-state index < -0.39 is 0 Å². The highest BCUT2D eigenvalue weighted by molar-refractivity contribution is 5.99. The number of hydrogen-bond acceptors (Lipinski definition) is 5. The Labute approximate surface area is 186 Å². The van der Waals surface area contributed by atoms with Crippen LogP contribution in [0.2, 0.25) is 0 Å². The predicted molar refractivity (Wildman–Crippen MR) is 124 cm³/mol. The van der Waals surface area contributed by atoms with Gasteiger partial charge in [-0.2, -0.15) is 0 Å². The Kier molecular flexibility index (Phi) is 6.81. The molecule has 0 unspecified atom stereocenters. The quantitative estimate of drug-likeness (QED) is 0.608. The minimum absolute atomic E-state index is 0.208. The van der Waals surface area contributed by atoms with E-state index in [0.29, 0.717) is 17.1 Å². The number of rotatable bonds is 6. The standard InChI is InChI=1S/C24H26FN5O2/c1-32-22-4-2-3-20(15-22)27-24(31)28-21-9-10-23(26-16-21)30-13-11-29(12-14-30)17-18-5-7-19(25)8-6-18/h2-10,15-16H,11-14,17H2,1H3,(H2,27,28,31). The summed E-state index contributed by atoms with van der Waals surface area (Å²) in [5.41, 5.74) is 2.37. The van der Waals surface area contributed by atoms with E-state index in [1.165, 1.54) is 12.1 Å². The number of urea groups is 1. The maximum atomic E-state index is 13.1. The average Bonchev–Trinajstić information content (AvgIpc) is 2.82. The van der Waals surface area contributed by atoms with Crippen molar-refractivity contribution in [3.8, 4) is 5.75 Å². The van der Waals surface area contributed by atoms with E-state index in [1.807, 2.05) is 36.4 Å². The van der Waals surface area contributed by atoms with Crippen LogP contribution in [0.15, 0.2) is 66.9 Å². The first kappa shape index (κ1) is 21.6. The molecular weight excluding hydrogens is 409 g/mol. The third kappa shape index (κ3) is 5.73. The number of amides is 2. The fraction of sp³-hybridized carbons (Fsp3) is 0.250. The van der Waals surface area contributed by atoms with Gasteiger partial charge in [0.05, 0.1) is 19.0 Å². The van der Waals surface area contributed by atoms with Gasteiger partial charge in [0.25, 0.3) is 0 Å². The van der Waals surface area contributed by atoms with Crippen LogP contribution in [0.4, 0.5) is 26.4 Å². The fourth-order valence-corrected chi connectivity index (χ4v) is 3.62. The predicted octanol–water partition coefficient (Wildman–Crippen LogP) is 4.20. The number of benzene rings is 2. The maximum Gasteiger partial charge on any atom is 0.323 e. The zero-order valence-corrected chi connectivity index (χ0v) is 17.9. The summed E-state index contributed by atoms with van der Waals surface area (Å²) < 4.78 is 18.2. The first-order valence-corrected chi connectivity index (χ1v) is 10.5. The summed E-state index contributed by atoms with van der Waals surface area (Å²) in [4.78, 5) is 21.3. The second-order valence-electron chi connectivity index (χ2n) is 7.61. The molecule has 3 aromatic rings. The van der Waals surface area contributed by atoms with Crippen molar-refractivity contribution >= 4 is 23.2 Å². The molecule has 0 spiro atoms. The molecule has 0 atom stereocenters. The average molecular weight is 436 g/mol. The lowest BCUT2D eigenvalue weighted by molar-refractivity contribution is 0.249. The summed E-state index contributed by atoms with van der Waals surface area (Å²) in [6.07, 6.45) is 1.66. The Morgan fingerprint density at radius 3 is 2.44 bits per heavy atom. The van der Waals surface area contributed by atoms with Gasteiger partial charge in [0.1, 0.15) is 17.4 Å². The van der Waals surface area contributed by atoms with Gasteiger partial charge in [-0.25, -0.2) is 14.2 Å². The lowest BCUT2D eigenvalue weighted by Gasteiger charge is -2.35. The SMILES string of the molecule is COc1cccc(NC(=O)Nc2ccc(N3CCN(Cc4ccc(F)cc4)CC3)nc2)c1. The molecule has 2 heterocycles. The van der Waals surface area contributed by atoms with Crippen LogP contribution in [0, 0.1) is 5.82 Å². The minimum atomic E-state index is -0.345. The summed E-state index contributed by atoms with van der Waals surface area (Å²) in [6.45, 7) is 4.34. The number of methoxy groups -OCH3 is 1. The number of nitrogens with one attached hydrogen (secondary N) is 2. The van der Waals surface area contributed by atoms with E-state index in [0.717, 1.165) is 44.1 Å². The monoisotopic (exact) mass is 435 g/mol. The molecule has 0 radical (unpaired) electrons. The number of hydrogen-bond donors (Lipinski definition) is 2. The van der Waals surface area contributed by atoms with Crippen LogP contribution in [-0.4, -0.2) is 49.2 Å². The van der Waals surface area contributed by atoms with Crippen LogP contribution < -0.4 is 20.3 Å². The Hall–Kier alpha value is -3.65. The molecule has 8 heteroatoms. The van der Waals surface area contributed by atoms with E-state index in [2.05, 4.69) is 25.4 Å². The summed E-state index contributed by atoms with van der Waals surface area (Å²) in [5.74, 6) is 1.34. The minimum Gasteiger partial charge on any atom is -0.497 e. The number of aromatic nitrogens is 1. The Balaban J connectivity index is 1.26. The van der Waals surface area contributed by atoms with Crippen molar-refractivity contribution in [3.63, 3.8) is 0 Å². The van der Waals surface area contributed by atoms with Crippen molar-refractivity contribution in [1.82, 2.24) is 9.88 Å². The van der Waals surface area contributed by atoms with Crippen molar-refractivity contribution in [2.45, 2.75) is 6.54 Å². The third-order valence-corrected chi connectivity index (χ3v) is 5.35. The maximum absolute atomic E-state index is 13.1. The largest absolute Gasteiger partial charge is 0.497 e. The molecule has 1 saturated heterocycles. The molecule has 4 rings (SSSR count). The molecule has 166 valence electrons. The lowest BCUT2D eigenvalue weighted by Crippen LogP contribution is -2.46. The number of halogens is 1. The molecular formula is C24H26FN5O2. The topological polar surface area (TPSA) is 69.7 Å². The molecule has 2 aromatic carbocycles. The summed E-state index contributed by atoms with van der Waals surface area (Å²) >= 11 is 0. The van der Waals surface area contributed by atoms with E-state index >= 15 is 0 Å². The van der Waals surface area contributed by atoms with E-state index in [9.17, 15) is 9.18 Å². The Morgan fingerprint density at radius 2 is 1.75 bits per heavy atom. The van der Waals surface area contributed by atoms with Crippen LogP contribution in [0.1, 0.15) is 5.56 Å². The molecule has 0 bridgehead atoms. The zero-order valence-electron chi connectivity index (χ0n) is 17.9. The van der Waals surface area contributed by atoms with Gasteiger partial charge < -0.3 is 20.3 Å². The number of anilines is 3. The van der Waals surface area contributed by atoms with Crippen LogP contribution >= 0.6 is 0 Å². The Bertz CT molecular complexity index is 1040. The summed E-state index contributed by atoms with van der Waals surface area (Å²) in [5, 5.41) is 5.57. The van der Waals surface area contributed by atoms with Gasteiger partial charge in [0, 0.05) is 44.5 Å². The molecule has 2 N–H and O–H groups in total. The first-order chi connectivity index (χ1) is 15.6. The Morgan fingerprint density at radius 1 is 1.00 bits per heavy atom. The molecule has 0 aliphatic carbocycles. The fourth-order valence-electron chi connectivity index (χ4n) is 3.62. The number of piperazine rings is 1. The zero-order chi connectivity index (χ0) is 22.3. The molecule has 2 amide bonds. The van der Waals surface area contributed by atoms with Crippen LogP contribution in [0.5, 0.6) is 5.75 Å². The molecule has 7 nitrogen and oxygen atoms in total. The van der Waals surface area contributed by atoms with Gasteiger partial charge in [-0.1, -0.05) is 18.2 Å². The van der Waals surface area contributed by atoms with Crippen LogP contribution in [0.3, 0.4) is 0 Å². The molecule has 1 aliphatic heterocycles. The number of nitrogens with zero attached hydrogens (tertiary/aromatic N) is 3. The van der Waals surface area contributed by atoms with Crippen molar-refractivity contribution in [1.29, 1.82) is 0 Å². The van der Waals surface area contributed by atoms with Gasteiger partial charge in [0.2, 0.25) is 0 Å². The lowest BCUT2D eigenvalue weighted by atomic mass is 10.2. The van der Waals surface area contributed by atoms with Crippen LogP contribution in [0.25, 0.3) is 0 Å². The van der Waals surface area contributed by atoms with Gasteiger partial charge in [-0.05, 0) is 42.0 Å². The summed E-state index contributed by atoms with van der Waals surface area (Å²) in [6, 6.07) is 17.2. The number of ether oxygens (including phenoxy) is 1. The van der Waals surface area contributed by atoms with Gasteiger partial charge >= 0.3 is 6.03 Å². The molecule has 32 heavy (non-hydrogen) atoms. The normalized spacial score (nSPS) is 14.1. The highest BCUT2D eigenvalue weighted by atomic mass is 19.1. The molecule has 1 fully saturated rings.